The first-order chi connectivity index (χ1) is 5.35. The van der Waals surface area contributed by atoms with Crippen LogP contribution in [0.15, 0.2) is 24.3 Å². The lowest BCUT2D eigenvalue weighted by Crippen LogP contribution is -1.92. The first-order valence-corrected chi connectivity index (χ1v) is 3.64. The van der Waals surface area contributed by atoms with Crippen LogP contribution in [0.5, 0.6) is 0 Å². The lowest BCUT2D eigenvalue weighted by atomic mass is 10.2. The maximum Gasteiger partial charge on any atom is 0.0503 e. The van der Waals surface area contributed by atoms with Crippen LogP contribution in [0.25, 0.3) is 0 Å². The smallest absolute Gasteiger partial charge is 0.0503 e. The van der Waals surface area contributed by atoms with Crippen molar-refractivity contribution >= 4 is 6.21 Å². The molecule has 2 nitrogen and oxygen atoms in total. The number of ether oxygens (including phenoxy) is 1. The molecule has 0 aliphatic heterocycles. The van der Waals surface area contributed by atoms with Gasteiger partial charge in [-0.1, -0.05) is 12.2 Å². The molecule has 0 unspecified atom stereocenters. The first-order valence-electron chi connectivity index (χ1n) is 3.64. The minimum atomic E-state index is 0.679. The Morgan fingerprint density at radius 3 is 2.82 bits per heavy atom. The van der Waals surface area contributed by atoms with Crippen molar-refractivity contribution in [1.29, 1.82) is 5.41 Å². The summed E-state index contributed by atoms with van der Waals surface area (Å²) in [5.41, 5.74) is 1.01. The summed E-state index contributed by atoms with van der Waals surface area (Å²) in [6, 6.07) is 0. The molecule has 0 amide bonds. The van der Waals surface area contributed by atoms with E-state index >= 15 is 0 Å². The predicted molar refractivity (Wildman–Crippen MR) is 48.2 cm³/mol. The van der Waals surface area contributed by atoms with Gasteiger partial charge in [-0.25, -0.2) is 0 Å². The van der Waals surface area contributed by atoms with Crippen molar-refractivity contribution in [3.05, 3.63) is 24.3 Å². The number of allylic oxidation sites excluding steroid dienone is 2. The van der Waals surface area contributed by atoms with E-state index in [4.69, 9.17) is 10.1 Å². The van der Waals surface area contributed by atoms with Crippen molar-refractivity contribution in [3.63, 3.8) is 0 Å². The lowest BCUT2D eigenvalue weighted by Gasteiger charge is -1.98. The van der Waals surface area contributed by atoms with Crippen LogP contribution in [0.2, 0.25) is 0 Å². The molecule has 0 aromatic heterocycles. The molecule has 0 aliphatic carbocycles. The molecule has 0 saturated carbocycles. The van der Waals surface area contributed by atoms with E-state index in [-0.39, 0.29) is 0 Å². The molecular weight excluding hydrogens is 138 g/mol. The average Bonchev–Trinajstić information content (AvgIpc) is 2.05. The highest BCUT2D eigenvalue weighted by molar-refractivity contribution is 5.75. The molecule has 1 N–H and O–H groups in total. The molecule has 0 heterocycles. The predicted octanol–water partition coefficient (Wildman–Crippen LogP) is 2.17. The maximum atomic E-state index is 7.03. The molecular formula is C9H15NO. The second-order valence-electron chi connectivity index (χ2n) is 2.19. The van der Waals surface area contributed by atoms with Crippen LogP contribution in [0, 0.1) is 5.41 Å². The maximum absolute atomic E-state index is 7.03. The topological polar surface area (TPSA) is 33.1 Å². The van der Waals surface area contributed by atoms with Gasteiger partial charge in [0.15, 0.2) is 0 Å². The van der Waals surface area contributed by atoms with E-state index in [1.807, 2.05) is 12.2 Å². The second-order valence-corrected chi connectivity index (χ2v) is 2.19. The van der Waals surface area contributed by atoms with Gasteiger partial charge in [0.05, 0.1) is 6.61 Å². The van der Waals surface area contributed by atoms with E-state index in [0.717, 1.165) is 18.4 Å². The molecule has 0 rings (SSSR count). The van der Waals surface area contributed by atoms with Crippen LogP contribution in [0.3, 0.4) is 0 Å². The Balaban J connectivity index is 3.72. The zero-order valence-electron chi connectivity index (χ0n) is 6.97. The summed E-state index contributed by atoms with van der Waals surface area (Å²) in [6.07, 6.45) is 6.81. The quantitative estimate of drug-likeness (QED) is 0.460. The molecule has 0 aromatic carbocycles. The van der Waals surface area contributed by atoms with E-state index in [2.05, 4.69) is 6.58 Å². The van der Waals surface area contributed by atoms with Crippen molar-refractivity contribution in [3.8, 4) is 0 Å². The van der Waals surface area contributed by atoms with E-state index in [0.29, 0.717) is 6.61 Å². The summed E-state index contributed by atoms with van der Waals surface area (Å²) in [5.74, 6) is 0. The molecule has 0 aliphatic rings. The summed E-state index contributed by atoms with van der Waals surface area (Å²) in [4.78, 5) is 0. The van der Waals surface area contributed by atoms with E-state index in [9.17, 15) is 0 Å². The van der Waals surface area contributed by atoms with Gasteiger partial charge in [0, 0.05) is 13.3 Å². The summed E-state index contributed by atoms with van der Waals surface area (Å²) in [7, 11) is 1.66. The molecule has 0 bridgehead atoms. The zero-order chi connectivity index (χ0) is 8.53. The summed E-state index contributed by atoms with van der Waals surface area (Å²) < 4.78 is 4.88. The number of nitrogens with one attached hydrogen (secondary N) is 1. The first kappa shape index (κ1) is 10.1. The second kappa shape index (κ2) is 7.22. The van der Waals surface area contributed by atoms with Crippen LogP contribution < -0.4 is 0 Å². The number of hydrogen-bond acceptors (Lipinski definition) is 2. The van der Waals surface area contributed by atoms with Crippen LogP contribution in [-0.2, 0) is 4.74 Å². The minimum absolute atomic E-state index is 0.679. The molecule has 11 heavy (non-hydrogen) atoms. The van der Waals surface area contributed by atoms with E-state index in [1.54, 1.807) is 7.11 Å². The third-order valence-corrected chi connectivity index (χ3v) is 1.33. The largest absolute Gasteiger partial charge is 0.384 e. The third kappa shape index (κ3) is 5.55. The minimum Gasteiger partial charge on any atom is -0.384 e. The van der Waals surface area contributed by atoms with Crippen molar-refractivity contribution in [2.75, 3.05) is 13.7 Å². The van der Waals surface area contributed by atoms with Gasteiger partial charge in [0.1, 0.15) is 0 Å². The standard InChI is InChI=1S/C9H15NO/c1-3-4-5-9(8-10)6-7-11-2/h3,5,8,10H,1,4,6-7H2,2H3/b9-5-,10-8?. The van der Waals surface area contributed by atoms with E-state index < -0.39 is 0 Å². The van der Waals surface area contributed by atoms with Gasteiger partial charge < -0.3 is 10.1 Å². The highest BCUT2D eigenvalue weighted by Gasteiger charge is 1.90. The molecule has 0 aromatic rings. The Kier molecular flexibility index (Phi) is 6.64. The van der Waals surface area contributed by atoms with Gasteiger partial charge in [-0.05, 0) is 18.4 Å². The van der Waals surface area contributed by atoms with Gasteiger partial charge in [-0.3, -0.25) is 0 Å². The Hall–Kier alpha value is -0.890. The van der Waals surface area contributed by atoms with Crippen LogP contribution >= 0.6 is 0 Å². The van der Waals surface area contributed by atoms with Crippen LogP contribution in [0.4, 0.5) is 0 Å². The Bertz CT molecular complexity index is 150. The molecule has 0 radical (unpaired) electrons. The van der Waals surface area contributed by atoms with Gasteiger partial charge in [0.25, 0.3) is 0 Å². The molecule has 0 spiro atoms. The fourth-order valence-corrected chi connectivity index (χ4v) is 0.688. The highest BCUT2D eigenvalue weighted by atomic mass is 16.5. The van der Waals surface area contributed by atoms with Gasteiger partial charge in [-0.2, -0.15) is 0 Å². The Labute approximate surface area is 68.1 Å². The lowest BCUT2D eigenvalue weighted by molar-refractivity contribution is 0.203. The van der Waals surface area contributed by atoms with Crippen molar-refractivity contribution in [2.24, 2.45) is 0 Å². The van der Waals surface area contributed by atoms with Gasteiger partial charge >= 0.3 is 0 Å². The molecule has 0 fully saturated rings. The average molecular weight is 153 g/mol. The fourth-order valence-electron chi connectivity index (χ4n) is 0.688. The van der Waals surface area contributed by atoms with Crippen molar-refractivity contribution < 1.29 is 4.74 Å². The number of rotatable bonds is 6. The van der Waals surface area contributed by atoms with E-state index in [1.165, 1.54) is 6.21 Å². The summed E-state index contributed by atoms with van der Waals surface area (Å²) in [5, 5.41) is 7.03. The molecule has 0 saturated heterocycles. The van der Waals surface area contributed by atoms with Crippen molar-refractivity contribution in [1.82, 2.24) is 0 Å². The number of hydrogen-bond donors (Lipinski definition) is 1. The third-order valence-electron chi connectivity index (χ3n) is 1.33. The molecule has 2 heteroatoms. The Morgan fingerprint density at radius 1 is 1.64 bits per heavy atom. The number of methoxy groups -OCH3 is 1. The van der Waals surface area contributed by atoms with Gasteiger partial charge in [0.2, 0.25) is 0 Å². The van der Waals surface area contributed by atoms with Crippen LogP contribution in [0.1, 0.15) is 12.8 Å². The molecule has 62 valence electrons. The normalized spacial score (nSPS) is 11.2. The SMILES string of the molecule is C=CC/C=C(\C=N)CCOC. The highest BCUT2D eigenvalue weighted by Crippen LogP contribution is 1.99. The summed E-state index contributed by atoms with van der Waals surface area (Å²) >= 11 is 0. The molecule has 0 atom stereocenters. The Morgan fingerprint density at radius 2 is 2.36 bits per heavy atom. The zero-order valence-corrected chi connectivity index (χ0v) is 6.97. The van der Waals surface area contributed by atoms with Crippen LogP contribution in [-0.4, -0.2) is 19.9 Å². The van der Waals surface area contributed by atoms with Gasteiger partial charge in [-0.15, -0.1) is 6.58 Å². The fraction of sp³-hybridized carbons (Fsp3) is 0.444. The monoisotopic (exact) mass is 153 g/mol. The van der Waals surface area contributed by atoms with Crippen molar-refractivity contribution in [2.45, 2.75) is 12.8 Å². The summed E-state index contributed by atoms with van der Waals surface area (Å²) in [6.45, 7) is 4.28.